The van der Waals surface area contributed by atoms with Gasteiger partial charge in [0.2, 0.25) is 0 Å². The molecule has 0 aromatic heterocycles. The minimum absolute atomic E-state index is 0.182. The van der Waals surface area contributed by atoms with Crippen molar-refractivity contribution in [2.24, 2.45) is 0 Å². The molecule has 256 valence electrons. The van der Waals surface area contributed by atoms with Gasteiger partial charge in [-0.15, -0.1) is 0 Å². The molecule has 0 aliphatic carbocycles. The summed E-state index contributed by atoms with van der Waals surface area (Å²) in [5.41, 5.74) is 7.15. The molecule has 1 N–H and O–H groups in total. The van der Waals surface area contributed by atoms with Crippen molar-refractivity contribution in [1.82, 2.24) is 9.80 Å². The quantitative estimate of drug-likeness (QED) is 0.172. The Bertz CT molecular complexity index is 1290. The summed E-state index contributed by atoms with van der Waals surface area (Å²) in [6.45, 7) is 7.27. The van der Waals surface area contributed by atoms with E-state index in [0.29, 0.717) is 12.8 Å². The van der Waals surface area contributed by atoms with Gasteiger partial charge in [0.25, 0.3) is 0 Å². The lowest BCUT2D eigenvalue weighted by Gasteiger charge is -2.26. The standard InChI is InChI=1S/C15H21NO2.C14H21NO.C10H11BrO2/c1-18-15(17)11-13-5-7-14(8-6-13)12-16-9-3-2-4-10-16;16-11-8-13-4-6-14(7-5-13)12-15-9-2-1-3-10-15;1-13-10(12)6-8-2-4-9(7-11)5-3-8/h5-8H,2-4,9-12H2,1H3;4-7,16H,1-3,8-12H2;2-5H,6-7H2,1H3. The Kier molecular flexibility index (Phi) is 18.4. The van der Waals surface area contributed by atoms with Gasteiger partial charge in [0, 0.05) is 25.0 Å². The summed E-state index contributed by atoms with van der Waals surface area (Å²) in [5, 5.41) is 9.68. The van der Waals surface area contributed by atoms with E-state index in [1.165, 1.54) is 101 Å². The summed E-state index contributed by atoms with van der Waals surface area (Å²) in [4.78, 5) is 27.1. The minimum Gasteiger partial charge on any atom is -0.469 e. The van der Waals surface area contributed by atoms with Crippen molar-refractivity contribution in [3.63, 3.8) is 0 Å². The van der Waals surface area contributed by atoms with Gasteiger partial charge in [0.1, 0.15) is 0 Å². The average molecular weight is 710 g/mol. The number of alkyl halides is 1. The normalized spacial score (nSPS) is 15.0. The van der Waals surface area contributed by atoms with E-state index in [1.807, 2.05) is 36.4 Å². The molecule has 0 saturated carbocycles. The number of aliphatic hydroxyl groups is 1. The maximum atomic E-state index is 11.2. The van der Waals surface area contributed by atoms with Gasteiger partial charge in [-0.1, -0.05) is 102 Å². The van der Waals surface area contributed by atoms with Crippen LogP contribution < -0.4 is 0 Å². The summed E-state index contributed by atoms with van der Waals surface area (Å²) in [7, 11) is 2.82. The molecule has 0 spiro atoms. The highest BCUT2D eigenvalue weighted by atomic mass is 79.9. The number of ether oxygens (including phenoxy) is 2. The lowest BCUT2D eigenvalue weighted by atomic mass is 10.1. The number of esters is 2. The molecule has 2 fully saturated rings. The number of piperidine rings is 2. The van der Waals surface area contributed by atoms with Gasteiger partial charge < -0.3 is 14.6 Å². The molecule has 0 radical (unpaired) electrons. The van der Waals surface area contributed by atoms with E-state index in [0.717, 1.165) is 36.0 Å². The zero-order chi connectivity index (χ0) is 33.7. The monoisotopic (exact) mass is 708 g/mol. The zero-order valence-electron chi connectivity index (χ0n) is 28.3. The van der Waals surface area contributed by atoms with Gasteiger partial charge in [0.05, 0.1) is 27.1 Å². The first kappa shape index (κ1) is 38.4. The van der Waals surface area contributed by atoms with Crippen LogP contribution in [0.4, 0.5) is 0 Å². The number of hydrogen-bond acceptors (Lipinski definition) is 7. The van der Waals surface area contributed by atoms with Crippen molar-refractivity contribution in [2.45, 2.75) is 76.2 Å². The molecule has 47 heavy (non-hydrogen) atoms. The Morgan fingerprint density at radius 2 is 0.915 bits per heavy atom. The van der Waals surface area contributed by atoms with Crippen LogP contribution in [0.1, 0.15) is 71.9 Å². The maximum absolute atomic E-state index is 11.2. The Labute approximate surface area is 290 Å². The minimum atomic E-state index is -0.202. The number of rotatable bonds is 11. The van der Waals surface area contributed by atoms with Gasteiger partial charge in [-0.2, -0.15) is 0 Å². The third kappa shape index (κ3) is 15.6. The fraction of sp³-hybridized carbons (Fsp3) is 0.487. The molecule has 0 unspecified atom stereocenters. The second kappa shape index (κ2) is 22.5. The van der Waals surface area contributed by atoms with E-state index in [2.05, 4.69) is 71.6 Å². The van der Waals surface area contributed by atoms with Crippen LogP contribution in [0, 0.1) is 0 Å². The predicted molar refractivity (Wildman–Crippen MR) is 192 cm³/mol. The molecule has 7 nitrogen and oxygen atoms in total. The maximum Gasteiger partial charge on any atom is 0.309 e. The number of carbonyl (C=O) groups excluding carboxylic acids is 2. The van der Waals surface area contributed by atoms with Crippen LogP contribution in [0.25, 0.3) is 0 Å². The largest absolute Gasteiger partial charge is 0.469 e. The summed E-state index contributed by atoms with van der Waals surface area (Å²) in [6.07, 6.45) is 9.58. The molecule has 0 bridgehead atoms. The van der Waals surface area contributed by atoms with Gasteiger partial charge >= 0.3 is 11.9 Å². The lowest BCUT2D eigenvalue weighted by molar-refractivity contribution is -0.140. The third-order valence-corrected chi connectivity index (χ3v) is 9.13. The molecule has 3 aromatic carbocycles. The number of halogens is 1. The molecule has 2 heterocycles. The zero-order valence-corrected chi connectivity index (χ0v) is 29.9. The highest BCUT2D eigenvalue weighted by Gasteiger charge is 2.11. The van der Waals surface area contributed by atoms with Crippen molar-refractivity contribution in [2.75, 3.05) is 47.0 Å². The second-order valence-corrected chi connectivity index (χ2v) is 12.8. The van der Waals surface area contributed by atoms with E-state index in [9.17, 15) is 9.59 Å². The molecule has 5 rings (SSSR count). The first-order valence-corrected chi connectivity index (χ1v) is 18.0. The molecule has 2 saturated heterocycles. The van der Waals surface area contributed by atoms with Crippen molar-refractivity contribution in [3.05, 3.63) is 106 Å². The molecular weight excluding hydrogens is 656 g/mol. The van der Waals surface area contributed by atoms with Crippen LogP contribution in [0.2, 0.25) is 0 Å². The summed E-state index contributed by atoms with van der Waals surface area (Å²) < 4.78 is 9.22. The molecule has 0 atom stereocenters. The van der Waals surface area contributed by atoms with Gasteiger partial charge in [-0.25, -0.2) is 0 Å². The van der Waals surface area contributed by atoms with E-state index in [-0.39, 0.29) is 18.5 Å². The highest BCUT2D eigenvalue weighted by Crippen LogP contribution is 2.15. The van der Waals surface area contributed by atoms with Crippen LogP contribution in [-0.2, 0) is 56.7 Å². The Morgan fingerprint density at radius 3 is 1.26 bits per heavy atom. The van der Waals surface area contributed by atoms with Crippen molar-refractivity contribution in [3.8, 4) is 0 Å². The fourth-order valence-electron chi connectivity index (χ4n) is 5.68. The van der Waals surface area contributed by atoms with Gasteiger partial charge in [-0.3, -0.25) is 19.4 Å². The summed E-state index contributed by atoms with van der Waals surface area (Å²) in [5.74, 6) is -0.384. The first-order chi connectivity index (χ1) is 22.9. The van der Waals surface area contributed by atoms with Gasteiger partial charge in [-0.05, 0) is 91.7 Å². The van der Waals surface area contributed by atoms with Crippen LogP contribution in [0.5, 0.6) is 0 Å². The molecule has 0 amide bonds. The highest BCUT2D eigenvalue weighted by molar-refractivity contribution is 9.08. The van der Waals surface area contributed by atoms with Crippen LogP contribution >= 0.6 is 15.9 Å². The van der Waals surface area contributed by atoms with Crippen molar-refractivity contribution < 1.29 is 24.2 Å². The fourth-order valence-corrected chi connectivity index (χ4v) is 6.05. The van der Waals surface area contributed by atoms with E-state index >= 15 is 0 Å². The predicted octanol–water partition coefficient (Wildman–Crippen LogP) is 6.89. The number of carbonyl (C=O) groups is 2. The Hall–Kier alpha value is -3.04. The average Bonchev–Trinajstić information content (AvgIpc) is 3.12. The summed E-state index contributed by atoms with van der Waals surface area (Å²) in [6, 6.07) is 24.8. The molecule has 8 heteroatoms. The number of aliphatic hydroxyl groups excluding tert-OH is 1. The van der Waals surface area contributed by atoms with E-state index in [4.69, 9.17) is 5.11 Å². The smallest absolute Gasteiger partial charge is 0.309 e. The number of hydrogen-bond donors (Lipinski definition) is 1. The Balaban J connectivity index is 0.000000194. The molecule has 3 aromatic rings. The van der Waals surface area contributed by atoms with Crippen LogP contribution in [0.3, 0.4) is 0 Å². The summed E-state index contributed by atoms with van der Waals surface area (Å²) >= 11 is 3.35. The van der Waals surface area contributed by atoms with E-state index in [1.54, 1.807) is 0 Å². The number of benzene rings is 3. The lowest BCUT2D eigenvalue weighted by Crippen LogP contribution is -2.29. The number of methoxy groups -OCH3 is 2. The van der Waals surface area contributed by atoms with Gasteiger partial charge in [0.15, 0.2) is 0 Å². The number of likely N-dealkylation sites (tertiary alicyclic amines) is 2. The molecular formula is C39H53BrN2O5. The Morgan fingerprint density at radius 1 is 0.574 bits per heavy atom. The van der Waals surface area contributed by atoms with Crippen LogP contribution in [-0.4, -0.2) is 73.9 Å². The molecule has 2 aliphatic rings. The van der Waals surface area contributed by atoms with Crippen molar-refractivity contribution in [1.29, 1.82) is 0 Å². The first-order valence-electron chi connectivity index (χ1n) is 16.9. The third-order valence-electron chi connectivity index (χ3n) is 8.49. The van der Waals surface area contributed by atoms with E-state index < -0.39 is 0 Å². The molecule has 2 aliphatic heterocycles. The SMILES string of the molecule is COC(=O)Cc1ccc(CBr)cc1.COC(=O)Cc1ccc(CN2CCCCC2)cc1.OCCc1ccc(CN2CCCCC2)cc1. The van der Waals surface area contributed by atoms with Crippen molar-refractivity contribution >= 4 is 27.9 Å². The second-order valence-electron chi connectivity index (χ2n) is 12.2. The number of nitrogens with zero attached hydrogens (tertiary/aromatic N) is 2. The topological polar surface area (TPSA) is 79.3 Å². The van der Waals surface area contributed by atoms with Crippen LogP contribution in [0.15, 0.2) is 72.8 Å².